The molecule has 0 bridgehead atoms. The molecule has 0 saturated carbocycles. The lowest BCUT2D eigenvalue weighted by atomic mass is 10.2. The maximum absolute atomic E-state index is 12.8. The standard InChI is InChI=1S/C16H17F3N2O2S2/c17-16(18,19)14-2-1-3-15(10-14)25(22,23)21-7-5-20(6-8-21)11-13-4-9-24-12-13/h1-4,9-10,12H,5-8,11H2. The summed E-state index contributed by atoms with van der Waals surface area (Å²) >= 11 is 1.61. The van der Waals surface area contributed by atoms with Gasteiger partial charge in [-0.1, -0.05) is 6.07 Å². The van der Waals surface area contributed by atoms with Crippen molar-refractivity contribution in [2.45, 2.75) is 17.6 Å². The molecule has 1 aliphatic heterocycles. The molecular formula is C16H17F3N2O2S2. The normalized spacial score (nSPS) is 17.7. The summed E-state index contributed by atoms with van der Waals surface area (Å²) in [6, 6.07) is 5.94. The van der Waals surface area contributed by atoms with E-state index in [9.17, 15) is 21.6 Å². The average molecular weight is 390 g/mol. The van der Waals surface area contributed by atoms with Crippen LogP contribution in [0, 0.1) is 0 Å². The summed E-state index contributed by atoms with van der Waals surface area (Å²) in [5, 5.41) is 4.04. The van der Waals surface area contributed by atoms with Crippen LogP contribution in [0.15, 0.2) is 46.0 Å². The molecule has 1 aliphatic rings. The summed E-state index contributed by atoms with van der Waals surface area (Å²) in [5.41, 5.74) is 0.226. The van der Waals surface area contributed by atoms with Crippen LogP contribution in [0.3, 0.4) is 0 Å². The highest BCUT2D eigenvalue weighted by molar-refractivity contribution is 7.89. The molecular weight excluding hydrogens is 373 g/mol. The Balaban J connectivity index is 1.70. The molecule has 0 spiro atoms. The zero-order chi connectivity index (χ0) is 18.1. The van der Waals surface area contributed by atoms with Crippen molar-refractivity contribution in [1.29, 1.82) is 0 Å². The van der Waals surface area contributed by atoms with Crippen LogP contribution in [-0.4, -0.2) is 43.8 Å². The molecule has 136 valence electrons. The van der Waals surface area contributed by atoms with E-state index in [1.54, 1.807) is 11.3 Å². The van der Waals surface area contributed by atoms with Crippen LogP contribution in [0.5, 0.6) is 0 Å². The zero-order valence-electron chi connectivity index (χ0n) is 13.2. The van der Waals surface area contributed by atoms with Crippen molar-refractivity contribution < 1.29 is 21.6 Å². The van der Waals surface area contributed by atoms with Gasteiger partial charge < -0.3 is 0 Å². The Morgan fingerprint density at radius 1 is 1.08 bits per heavy atom. The molecule has 1 aromatic carbocycles. The van der Waals surface area contributed by atoms with Crippen molar-refractivity contribution in [3.8, 4) is 0 Å². The summed E-state index contributed by atoms with van der Waals surface area (Å²) < 4.78 is 65.0. The third-order valence-corrected chi connectivity index (χ3v) is 6.74. The van der Waals surface area contributed by atoms with Gasteiger partial charge in [-0.3, -0.25) is 4.90 Å². The largest absolute Gasteiger partial charge is 0.416 e. The number of alkyl halides is 3. The Morgan fingerprint density at radius 2 is 1.80 bits per heavy atom. The topological polar surface area (TPSA) is 40.6 Å². The molecule has 2 aromatic rings. The molecule has 1 aromatic heterocycles. The zero-order valence-corrected chi connectivity index (χ0v) is 14.9. The molecule has 0 amide bonds. The predicted molar refractivity (Wildman–Crippen MR) is 89.8 cm³/mol. The Labute approximate surface area is 148 Å². The second kappa shape index (κ2) is 7.06. The third kappa shape index (κ3) is 4.22. The van der Waals surface area contributed by atoms with E-state index in [2.05, 4.69) is 4.90 Å². The number of thiophene rings is 1. The van der Waals surface area contributed by atoms with Gasteiger partial charge in [-0.15, -0.1) is 0 Å². The Bertz CT molecular complexity index is 812. The number of nitrogens with zero attached hydrogens (tertiary/aromatic N) is 2. The van der Waals surface area contributed by atoms with Crippen LogP contribution in [0.2, 0.25) is 0 Å². The quantitative estimate of drug-likeness (QED) is 0.805. The van der Waals surface area contributed by atoms with Gasteiger partial charge in [0.1, 0.15) is 0 Å². The SMILES string of the molecule is O=S(=O)(c1cccc(C(F)(F)F)c1)N1CCN(Cc2ccsc2)CC1. The average Bonchev–Trinajstić information content (AvgIpc) is 3.08. The minimum atomic E-state index is -4.56. The van der Waals surface area contributed by atoms with Crippen LogP contribution >= 0.6 is 11.3 Å². The Morgan fingerprint density at radius 3 is 2.40 bits per heavy atom. The minimum Gasteiger partial charge on any atom is -0.296 e. The van der Waals surface area contributed by atoms with E-state index in [1.165, 1.54) is 15.9 Å². The van der Waals surface area contributed by atoms with Gasteiger partial charge in [0.2, 0.25) is 10.0 Å². The number of piperazine rings is 1. The second-order valence-electron chi connectivity index (χ2n) is 5.84. The molecule has 0 aliphatic carbocycles. The Hall–Kier alpha value is -1.42. The minimum absolute atomic E-state index is 0.267. The number of hydrogen-bond donors (Lipinski definition) is 0. The highest BCUT2D eigenvalue weighted by Gasteiger charge is 2.33. The van der Waals surface area contributed by atoms with Gasteiger partial charge in [-0.2, -0.15) is 28.8 Å². The highest BCUT2D eigenvalue weighted by atomic mass is 32.2. The number of rotatable bonds is 4. The lowest BCUT2D eigenvalue weighted by Crippen LogP contribution is -2.48. The molecule has 25 heavy (non-hydrogen) atoms. The number of sulfonamides is 1. The molecule has 0 unspecified atom stereocenters. The fraction of sp³-hybridized carbons (Fsp3) is 0.375. The highest BCUT2D eigenvalue weighted by Crippen LogP contribution is 2.31. The Kier molecular flexibility index (Phi) is 5.19. The molecule has 2 heterocycles. The first-order valence-electron chi connectivity index (χ1n) is 7.68. The molecule has 4 nitrogen and oxygen atoms in total. The maximum Gasteiger partial charge on any atom is 0.416 e. The van der Waals surface area contributed by atoms with E-state index < -0.39 is 21.8 Å². The van der Waals surface area contributed by atoms with Crippen LogP contribution in [0.4, 0.5) is 13.2 Å². The summed E-state index contributed by atoms with van der Waals surface area (Å²) in [6.07, 6.45) is -4.56. The van der Waals surface area contributed by atoms with Gasteiger partial charge in [-0.25, -0.2) is 8.42 Å². The van der Waals surface area contributed by atoms with Crippen molar-refractivity contribution in [1.82, 2.24) is 9.21 Å². The van der Waals surface area contributed by atoms with Crippen molar-refractivity contribution in [3.05, 3.63) is 52.2 Å². The fourth-order valence-corrected chi connectivity index (χ4v) is 4.88. The predicted octanol–water partition coefficient (Wildman–Crippen LogP) is 3.27. The molecule has 3 rings (SSSR count). The number of benzene rings is 1. The lowest BCUT2D eigenvalue weighted by Gasteiger charge is -2.33. The van der Waals surface area contributed by atoms with E-state index in [-0.39, 0.29) is 18.0 Å². The van der Waals surface area contributed by atoms with Crippen LogP contribution < -0.4 is 0 Å². The monoisotopic (exact) mass is 390 g/mol. The summed E-state index contributed by atoms with van der Waals surface area (Å²) in [4.78, 5) is 1.83. The molecule has 1 fully saturated rings. The van der Waals surface area contributed by atoms with Gasteiger partial charge in [0, 0.05) is 32.7 Å². The van der Waals surface area contributed by atoms with Crippen molar-refractivity contribution >= 4 is 21.4 Å². The molecule has 0 N–H and O–H groups in total. The van der Waals surface area contributed by atoms with Crippen LogP contribution in [-0.2, 0) is 22.7 Å². The van der Waals surface area contributed by atoms with Crippen LogP contribution in [0.1, 0.15) is 11.1 Å². The first-order chi connectivity index (χ1) is 11.8. The van der Waals surface area contributed by atoms with E-state index in [0.29, 0.717) is 19.2 Å². The first kappa shape index (κ1) is 18.4. The van der Waals surface area contributed by atoms with Gasteiger partial charge in [-0.05, 0) is 40.6 Å². The summed E-state index contributed by atoms with van der Waals surface area (Å²) in [6.45, 7) is 2.38. The first-order valence-corrected chi connectivity index (χ1v) is 10.1. The van der Waals surface area contributed by atoms with E-state index in [0.717, 1.165) is 18.7 Å². The van der Waals surface area contributed by atoms with Crippen molar-refractivity contribution in [2.24, 2.45) is 0 Å². The molecule has 1 saturated heterocycles. The second-order valence-corrected chi connectivity index (χ2v) is 8.56. The lowest BCUT2D eigenvalue weighted by molar-refractivity contribution is -0.137. The fourth-order valence-electron chi connectivity index (χ4n) is 2.75. The molecule has 0 radical (unpaired) electrons. The van der Waals surface area contributed by atoms with E-state index in [4.69, 9.17) is 0 Å². The van der Waals surface area contributed by atoms with Crippen LogP contribution in [0.25, 0.3) is 0 Å². The van der Waals surface area contributed by atoms with Gasteiger partial charge in [0.25, 0.3) is 0 Å². The van der Waals surface area contributed by atoms with E-state index in [1.807, 2.05) is 16.8 Å². The molecule has 0 atom stereocenters. The van der Waals surface area contributed by atoms with Gasteiger partial charge >= 0.3 is 6.18 Å². The maximum atomic E-state index is 12.8. The third-order valence-electron chi connectivity index (χ3n) is 4.12. The number of hydrogen-bond acceptors (Lipinski definition) is 4. The van der Waals surface area contributed by atoms with Crippen molar-refractivity contribution in [2.75, 3.05) is 26.2 Å². The van der Waals surface area contributed by atoms with Gasteiger partial charge in [0.05, 0.1) is 10.5 Å². The molecule has 9 heteroatoms. The smallest absolute Gasteiger partial charge is 0.296 e. The van der Waals surface area contributed by atoms with E-state index >= 15 is 0 Å². The van der Waals surface area contributed by atoms with Gasteiger partial charge in [0.15, 0.2) is 0 Å². The van der Waals surface area contributed by atoms with Crippen molar-refractivity contribution in [3.63, 3.8) is 0 Å². The summed E-state index contributed by atoms with van der Waals surface area (Å²) in [5.74, 6) is 0. The number of halogens is 3. The summed E-state index contributed by atoms with van der Waals surface area (Å²) in [7, 11) is -3.92.